The summed E-state index contributed by atoms with van der Waals surface area (Å²) in [6.07, 6.45) is 0. The predicted molar refractivity (Wildman–Crippen MR) is 77.1 cm³/mol. The van der Waals surface area contributed by atoms with E-state index in [1.54, 1.807) is 24.3 Å². The monoisotopic (exact) mass is 300 g/mol. The molecule has 20 heavy (non-hydrogen) atoms. The van der Waals surface area contributed by atoms with Crippen molar-refractivity contribution < 1.29 is 17.9 Å². The van der Waals surface area contributed by atoms with Crippen molar-refractivity contribution in [2.24, 2.45) is 0 Å². The highest BCUT2D eigenvalue weighted by molar-refractivity contribution is 7.89. The summed E-state index contributed by atoms with van der Waals surface area (Å²) in [5.74, 6) is 0.575. The van der Waals surface area contributed by atoms with Crippen molar-refractivity contribution in [3.05, 3.63) is 24.3 Å². The van der Waals surface area contributed by atoms with Gasteiger partial charge in [-0.05, 0) is 31.2 Å². The van der Waals surface area contributed by atoms with Crippen molar-refractivity contribution in [2.45, 2.75) is 13.0 Å². The Morgan fingerprint density at radius 1 is 1.40 bits per heavy atom. The molecule has 1 heterocycles. The van der Waals surface area contributed by atoms with Gasteiger partial charge in [-0.3, -0.25) is 0 Å². The van der Waals surface area contributed by atoms with Gasteiger partial charge in [-0.2, -0.15) is 4.31 Å². The van der Waals surface area contributed by atoms with Crippen LogP contribution in [0.2, 0.25) is 0 Å². The highest BCUT2D eigenvalue weighted by atomic mass is 32.2. The first kappa shape index (κ1) is 15.1. The molecule has 0 aromatic heterocycles. The average Bonchev–Trinajstić information content (AvgIpc) is 2.41. The fraction of sp³-hybridized carbons (Fsp3) is 0.538. The molecule has 0 saturated carbocycles. The Morgan fingerprint density at radius 3 is 2.75 bits per heavy atom. The summed E-state index contributed by atoms with van der Waals surface area (Å²) in [5.41, 5.74) is 6.21. The molecule has 1 aromatic rings. The Labute approximate surface area is 119 Å². The van der Waals surface area contributed by atoms with Gasteiger partial charge in [-0.15, -0.1) is 0 Å². The molecule has 0 bridgehead atoms. The summed E-state index contributed by atoms with van der Waals surface area (Å²) in [5, 5.41) is 0. The van der Waals surface area contributed by atoms with E-state index in [4.69, 9.17) is 15.2 Å². The number of nitrogens with zero attached hydrogens (tertiary/aromatic N) is 1. The summed E-state index contributed by atoms with van der Waals surface area (Å²) in [6, 6.07) is 6.76. The lowest BCUT2D eigenvalue weighted by molar-refractivity contribution is 0.0391. The molecule has 1 aliphatic rings. The van der Waals surface area contributed by atoms with E-state index in [1.807, 2.05) is 6.92 Å². The zero-order valence-corrected chi connectivity index (χ0v) is 12.3. The lowest BCUT2D eigenvalue weighted by atomic mass is 10.3. The molecule has 1 atom stereocenters. The van der Waals surface area contributed by atoms with Gasteiger partial charge in [-0.25, -0.2) is 8.42 Å². The van der Waals surface area contributed by atoms with Crippen LogP contribution in [-0.4, -0.2) is 50.9 Å². The average molecular weight is 300 g/mol. The van der Waals surface area contributed by atoms with Crippen LogP contribution in [0.25, 0.3) is 0 Å². The van der Waals surface area contributed by atoms with Crippen molar-refractivity contribution in [3.63, 3.8) is 0 Å². The fourth-order valence-electron chi connectivity index (χ4n) is 2.07. The van der Waals surface area contributed by atoms with Gasteiger partial charge < -0.3 is 15.2 Å². The molecular weight excluding hydrogens is 280 g/mol. The van der Waals surface area contributed by atoms with Gasteiger partial charge in [-0.1, -0.05) is 0 Å². The van der Waals surface area contributed by atoms with Gasteiger partial charge in [0.25, 0.3) is 0 Å². The lowest BCUT2D eigenvalue weighted by Crippen LogP contribution is -2.48. The molecule has 1 fully saturated rings. The highest BCUT2D eigenvalue weighted by Gasteiger charge is 2.29. The van der Waals surface area contributed by atoms with E-state index in [9.17, 15) is 8.42 Å². The second-order valence-corrected chi connectivity index (χ2v) is 6.81. The molecular formula is C13H20N2O4S. The lowest BCUT2D eigenvalue weighted by Gasteiger charge is -2.32. The van der Waals surface area contributed by atoms with E-state index in [1.165, 1.54) is 4.31 Å². The number of hydrogen-bond donors (Lipinski definition) is 1. The van der Waals surface area contributed by atoms with Crippen molar-refractivity contribution >= 4 is 15.7 Å². The number of nitrogen functional groups attached to an aromatic ring is 1. The van der Waals surface area contributed by atoms with E-state index in [0.29, 0.717) is 31.2 Å². The molecule has 0 radical (unpaired) electrons. The van der Waals surface area contributed by atoms with Crippen LogP contribution in [0.1, 0.15) is 6.92 Å². The smallest absolute Gasteiger partial charge is 0.217 e. The minimum absolute atomic E-state index is 0.0400. The Balaban J connectivity index is 1.87. The normalized spacial score (nSPS) is 20.8. The maximum absolute atomic E-state index is 12.2. The number of ether oxygens (including phenoxy) is 2. The molecule has 2 rings (SSSR count). The van der Waals surface area contributed by atoms with E-state index in [-0.39, 0.29) is 18.4 Å². The second-order valence-electron chi connectivity index (χ2n) is 4.77. The maximum atomic E-state index is 12.2. The molecule has 0 aliphatic carbocycles. The van der Waals surface area contributed by atoms with Gasteiger partial charge >= 0.3 is 0 Å². The summed E-state index contributed by atoms with van der Waals surface area (Å²) in [6.45, 7) is 3.26. The van der Waals surface area contributed by atoms with Crippen molar-refractivity contribution in [3.8, 4) is 5.75 Å². The number of morpholine rings is 1. The van der Waals surface area contributed by atoms with Crippen LogP contribution in [0.5, 0.6) is 5.75 Å². The van der Waals surface area contributed by atoms with E-state index >= 15 is 0 Å². The van der Waals surface area contributed by atoms with Crippen molar-refractivity contribution in [1.29, 1.82) is 0 Å². The zero-order valence-electron chi connectivity index (χ0n) is 11.5. The molecule has 2 N–H and O–H groups in total. The van der Waals surface area contributed by atoms with Crippen LogP contribution in [0.15, 0.2) is 24.3 Å². The molecule has 7 heteroatoms. The molecule has 0 amide bonds. The van der Waals surface area contributed by atoms with Crippen molar-refractivity contribution in [1.82, 2.24) is 4.31 Å². The van der Waals surface area contributed by atoms with Crippen molar-refractivity contribution in [2.75, 3.05) is 37.9 Å². The number of rotatable bonds is 5. The number of benzene rings is 1. The molecule has 1 aliphatic heterocycles. The third kappa shape index (κ3) is 3.84. The molecule has 6 nitrogen and oxygen atoms in total. The Bertz CT molecular complexity index is 530. The quantitative estimate of drug-likeness (QED) is 0.809. The van der Waals surface area contributed by atoms with Gasteiger partial charge in [0.2, 0.25) is 10.0 Å². The number of anilines is 1. The highest BCUT2D eigenvalue weighted by Crippen LogP contribution is 2.15. The Kier molecular flexibility index (Phi) is 4.85. The number of sulfonamides is 1. The van der Waals surface area contributed by atoms with Gasteiger partial charge in [0.05, 0.1) is 19.0 Å². The summed E-state index contributed by atoms with van der Waals surface area (Å²) < 4.78 is 36.6. The van der Waals surface area contributed by atoms with Crippen LogP contribution < -0.4 is 10.5 Å². The van der Waals surface area contributed by atoms with Crippen LogP contribution in [0.4, 0.5) is 5.69 Å². The molecule has 112 valence electrons. The van der Waals surface area contributed by atoms with Crippen LogP contribution >= 0.6 is 0 Å². The SMILES string of the molecule is CC1COCCN1S(=O)(=O)CCOc1ccc(N)cc1. The second kappa shape index (κ2) is 6.43. The Morgan fingerprint density at radius 2 is 2.10 bits per heavy atom. The molecule has 1 aromatic carbocycles. The van der Waals surface area contributed by atoms with E-state index in [0.717, 1.165) is 0 Å². The van der Waals surface area contributed by atoms with Crippen LogP contribution in [-0.2, 0) is 14.8 Å². The third-order valence-electron chi connectivity index (χ3n) is 3.15. The fourth-order valence-corrected chi connectivity index (χ4v) is 3.56. The number of nitrogens with two attached hydrogens (primary N) is 1. The van der Waals surface area contributed by atoms with Gasteiger partial charge in [0.1, 0.15) is 12.4 Å². The topological polar surface area (TPSA) is 81.9 Å². The minimum Gasteiger partial charge on any atom is -0.492 e. The Hall–Kier alpha value is -1.31. The largest absolute Gasteiger partial charge is 0.492 e. The zero-order chi connectivity index (χ0) is 14.6. The first-order valence-electron chi connectivity index (χ1n) is 6.54. The summed E-state index contributed by atoms with van der Waals surface area (Å²) >= 11 is 0. The summed E-state index contributed by atoms with van der Waals surface area (Å²) in [4.78, 5) is 0. The molecule has 0 spiro atoms. The molecule has 1 saturated heterocycles. The minimum atomic E-state index is -3.31. The van der Waals surface area contributed by atoms with E-state index in [2.05, 4.69) is 0 Å². The summed E-state index contributed by atoms with van der Waals surface area (Å²) in [7, 11) is -3.31. The molecule has 1 unspecified atom stereocenters. The van der Waals surface area contributed by atoms with Crippen LogP contribution in [0, 0.1) is 0 Å². The maximum Gasteiger partial charge on any atom is 0.217 e. The van der Waals surface area contributed by atoms with Gasteiger partial charge in [0, 0.05) is 18.3 Å². The predicted octanol–water partition coefficient (Wildman–Crippen LogP) is 0.698. The van der Waals surface area contributed by atoms with Gasteiger partial charge in [0.15, 0.2) is 0 Å². The first-order chi connectivity index (χ1) is 9.49. The first-order valence-corrected chi connectivity index (χ1v) is 8.15. The number of hydrogen-bond acceptors (Lipinski definition) is 5. The van der Waals surface area contributed by atoms with E-state index < -0.39 is 10.0 Å². The standard InChI is InChI=1S/C13H20N2O4S/c1-11-10-18-7-6-15(11)20(16,17)9-8-19-13-4-2-12(14)3-5-13/h2-5,11H,6-10,14H2,1H3. The van der Waals surface area contributed by atoms with Crippen LogP contribution in [0.3, 0.4) is 0 Å². The third-order valence-corrected chi connectivity index (χ3v) is 5.09.